The van der Waals surface area contributed by atoms with Gasteiger partial charge in [-0.2, -0.15) is 0 Å². The van der Waals surface area contributed by atoms with Crippen molar-refractivity contribution in [2.45, 2.75) is 65.7 Å². The zero-order valence-electron chi connectivity index (χ0n) is 26.8. The van der Waals surface area contributed by atoms with Crippen molar-refractivity contribution in [3.63, 3.8) is 0 Å². The summed E-state index contributed by atoms with van der Waals surface area (Å²) in [5.74, 6) is 1.83. The molecule has 0 radical (unpaired) electrons. The number of nitrogens with zero attached hydrogens (tertiary/aromatic N) is 1. The van der Waals surface area contributed by atoms with Crippen LogP contribution in [0.25, 0.3) is 6.08 Å². The first-order chi connectivity index (χ1) is 20.7. The Labute approximate surface area is 270 Å². The molecule has 0 spiro atoms. The molecule has 7 heteroatoms. The summed E-state index contributed by atoms with van der Waals surface area (Å²) in [5.41, 5.74) is 4.17. The number of ether oxygens (including phenoxy) is 2. The van der Waals surface area contributed by atoms with Crippen LogP contribution >= 0.6 is 23.2 Å². The molecule has 43 heavy (non-hydrogen) atoms. The fourth-order valence-electron chi connectivity index (χ4n) is 4.08. The first-order valence-corrected chi connectivity index (χ1v) is 15.9. The standard InChI is InChI=1S/C25H36N2O3.C9H8Cl2.C2H6/c1-27(2)22-12-10-21(11-13-22)20-25(28)26-18-8-6-4-5-7-9-19-30-24-16-14-23(29-3)15-17-24;1-3-7-4-6(2)5-8(10)9(7)11;1-2/h10-17H,4-9,18-20H2,1-3H3,(H,26,28);3-5H,1H2,2H3;1-2H3. The molecule has 0 aromatic heterocycles. The van der Waals surface area contributed by atoms with Crippen molar-refractivity contribution in [1.82, 2.24) is 5.32 Å². The number of rotatable bonds is 15. The normalized spacial score (nSPS) is 9.95. The Bertz CT molecular complexity index is 1200. The van der Waals surface area contributed by atoms with Gasteiger partial charge in [-0.25, -0.2) is 0 Å². The third-order valence-electron chi connectivity index (χ3n) is 6.46. The lowest BCUT2D eigenvalue weighted by Crippen LogP contribution is -2.26. The maximum absolute atomic E-state index is 12.0. The van der Waals surface area contributed by atoms with Crippen LogP contribution in [0.15, 0.2) is 67.2 Å². The summed E-state index contributed by atoms with van der Waals surface area (Å²) in [6.45, 7) is 11.1. The van der Waals surface area contributed by atoms with Gasteiger partial charge in [-0.1, -0.05) is 93.6 Å². The molecule has 3 aromatic carbocycles. The predicted octanol–water partition coefficient (Wildman–Crippen LogP) is 9.81. The maximum Gasteiger partial charge on any atom is 0.224 e. The van der Waals surface area contributed by atoms with E-state index in [2.05, 4.69) is 16.8 Å². The Hall–Kier alpha value is -3.15. The summed E-state index contributed by atoms with van der Waals surface area (Å²) in [4.78, 5) is 14.1. The smallest absolute Gasteiger partial charge is 0.224 e. The second-order valence-corrected chi connectivity index (χ2v) is 10.9. The van der Waals surface area contributed by atoms with Gasteiger partial charge in [0.1, 0.15) is 11.5 Å². The van der Waals surface area contributed by atoms with E-state index in [1.807, 2.05) is 95.5 Å². The van der Waals surface area contributed by atoms with E-state index in [0.717, 1.165) is 66.3 Å². The number of aryl methyl sites for hydroxylation is 1. The highest BCUT2D eigenvalue weighted by Crippen LogP contribution is 2.27. The predicted molar refractivity (Wildman–Crippen MR) is 186 cm³/mol. The zero-order chi connectivity index (χ0) is 32.0. The molecule has 1 N–H and O–H groups in total. The lowest BCUT2D eigenvalue weighted by atomic mass is 10.1. The molecule has 5 nitrogen and oxygen atoms in total. The number of halogens is 2. The molecule has 0 bridgehead atoms. The number of benzene rings is 3. The van der Waals surface area contributed by atoms with E-state index < -0.39 is 0 Å². The lowest BCUT2D eigenvalue weighted by molar-refractivity contribution is -0.120. The van der Waals surface area contributed by atoms with Gasteiger partial charge in [-0.05, 0) is 78.9 Å². The summed E-state index contributed by atoms with van der Waals surface area (Å²) in [6, 6.07) is 19.6. The van der Waals surface area contributed by atoms with Crippen molar-refractivity contribution < 1.29 is 14.3 Å². The summed E-state index contributed by atoms with van der Waals surface area (Å²) >= 11 is 11.7. The lowest BCUT2D eigenvalue weighted by Gasteiger charge is -2.12. The van der Waals surface area contributed by atoms with Crippen molar-refractivity contribution in [3.8, 4) is 11.5 Å². The Morgan fingerprint density at radius 3 is 2.05 bits per heavy atom. The van der Waals surface area contributed by atoms with Crippen LogP contribution in [0.5, 0.6) is 11.5 Å². The molecule has 0 heterocycles. The molecule has 3 aromatic rings. The fourth-order valence-corrected chi connectivity index (χ4v) is 4.55. The average Bonchev–Trinajstić information content (AvgIpc) is 3.01. The van der Waals surface area contributed by atoms with Gasteiger partial charge in [0.15, 0.2) is 0 Å². The largest absolute Gasteiger partial charge is 0.497 e. The Morgan fingerprint density at radius 2 is 1.47 bits per heavy atom. The number of amides is 1. The average molecular weight is 630 g/mol. The van der Waals surface area contributed by atoms with Crippen molar-refractivity contribution in [3.05, 3.63) is 94.0 Å². The Morgan fingerprint density at radius 1 is 0.884 bits per heavy atom. The molecule has 0 saturated carbocycles. The molecular weight excluding hydrogens is 579 g/mol. The van der Waals surface area contributed by atoms with Gasteiger partial charge >= 0.3 is 0 Å². The second kappa shape index (κ2) is 22.4. The highest BCUT2D eigenvalue weighted by molar-refractivity contribution is 6.42. The van der Waals surface area contributed by atoms with Crippen LogP contribution in [-0.4, -0.2) is 40.3 Å². The van der Waals surface area contributed by atoms with E-state index in [1.54, 1.807) is 13.2 Å². The molecule has 0 aliphatic heterocycles. The molecule has 0 fully saturated rings. The molecule has 3 rings (SSSR count). The van der Waals surface area contributed by atoms with Gasteiger partial charge < -0.3 is 19.7 Å². The van der Waals surface area contributed by atoms with Crippen LogP contribution < -0.4 is 19.7 Å². The fraction of sp³-hybridized carbons (Fsp3) is 0.417. The van der Waals surface area contributed by atoms with Gasteiger partial charge in [0.2, 0.25) is 5.91 Å². The minimum absolute atomic E-state index is 0.100. The van der Waals surface area contributed by atoms with Crippen molar-refractivity contribution in [2.75, 3.05) is 39.3 Å². The molecule has 0 aliphatic rings. The van der Waals surface area contributed by atoms with Gasteiger partial charge in [-0.15, -0.1) is 0 Å². The quantitative estimate of drug-likeness (QED) is 0.170. The van der Waals surface area contributed by atoms with E-state index in [9.17, 15) is 4.79 Å². The van der Waals surface area contributed by atoms with Gasteiger partial charge in [0.25, 0.3) is 0 Å². The number of carbonyl (C=O) groups excluding carboxylic acids is 1. The van der Waals surface area contributed by atoms with Crippen molar-refractivity contribution >= 4 is 40.9 Å². The van der Waals surface area contributed by atoms with E-state index >= 15 is 0 Å². The van der Waals surface area contributed by atoms with Crippen LogP contribution in [0.4, 0.5) is 5.69 Å². The van der Waals surface area contributed by atoms with Crippen LogP contribution in [0.2, 0.25) is 10.0 Å². The first kappa shape index (κ1) is 37.9. The van der Waals surface area contributed by atoms with Crippen molar-refractivity contribution in [1.29, 1.82) is 0 Å². The van der Waals surface area contributed by atoms with Gasteiger partial charge in [0, 0.05) is 26.3 Å². The van der Waals surface area contributed by atoms with E-state index in [4.69, 9.17) is 32.7 Å². The van der Waals surface area contributed by atoms with Crippen LogP contribution in [0.3, 0.4) is 0 Å². The monoisotopic (exact) mass is 628 g/mol. The summed E-state index contributed by atoms with van der Waals surface area (Å²) < 4.78 is 10.9. The number of hydrogen-bond acceptors (Lipinski definition) is 4. The Balaban J connectivity index is 0.000000592. The van der Waals surface area contributed by atoms with E-state index in [1.165, 1.54) is 19.3 Å². The van der Waals surface area contributed by atoms with E-state index in [-0.39, 0.29) is 5.91 Å². The van der Waals surface area contributed by atoms with Crippen molar-refractivity contribution in [2.24, 2.45) is 0 Å². The summed E-state index contributed by atoms with van der Waals surface area (Å²) in [5, 5.41) is 4.19. The molecule has 0 saturated heterocycles. The minimum Gasteiger partial charge on any atom is -0.497 e. The third-order valence-corrected chi connectivity index (χ3v) is 7.28. The molecule has 0 atom stereocenters. The number of carbonyl (C=O) groups is 1. The number of unbranched alkanes of at least 4 members (excludes halogenated alkanes) is 5. The molecule has 0 unspecified atom stereocenters. The molecule has 1 amide bonds. The minimum atomic E-state index is 0.100. The Kier molecular flexibility index (Phi) is 19.7. The molecule has 236 valence electrons. The highest BCUT2D eigenvalue weighted by atomic mass is 35.5. The number of methoxy groups -OCH3 is 1. The number of hydrogen-bond donors (Lipinski definition) is 1. The maximum atomic E-state index is 12.0. The molecular formula is C36H50Cl2N2O3. The number of nitrogens with one attached hydrogen (secondary N) is 1. The van der Waals surface area contributed by atoms with Crippen LogP contribution in [0.1, 0.15) is 69.1 Å². The third kappa shape index (κ3) is 15.8. The van der Waals surface area contributed by atoms with Crippen LogP contribution in [0, 0.1) is 6.92 Å². The van der Waals surface area contributed by atoms with Gasteiger partial charge in [-0.3, -0.25) is 4.79 Å². The summed E-state index contributed by atoms with van der Waals surface area (Å²) in [7, 11) is 5.69. The zero-order valence-corrected chi connectivity index (χ0v) is 28.4. The summed E-state index contributed by atoms with van der Waals surface area (Å²) in [6.07, 6.45) is 8.97. The van der Waals surface area contributed by atoms with Gasteiger partial charge in [0.05, 0.1) is 30.2 Å². The first-order valence-electron chi connectivity index (χ1n) is 15.1. The molecule has 0 aliphatic carbocycles. The van der Waals surface area contributed by atoms with Crippen LogP contribution in [-0.2, 0) is 11.2 Å². The number of anilines is 1. The topological polar surface area (TPSA) is 50.8 Å². The highest BCUT2D eigenvalue weighted by Gasteiger charge is 2.04. The SMILES string of the molecule is C=Cc1cc(C)cc(Cl)c1Cl.CC.COc1ccc(OCCCCCCCCNC(=O)Cc2ccc(N(C)C)cc2)cc1. The second-order valence-electron chi connectivity index (χ2n) is 10.1. The van der Waals surface area contributed by atoms with E-state index in [0.29, 0.717) is 16.5 Å².